The van der Waals surface area contributed by atoms with Crippen molar-refractivity contribution in [1.29, 1.82) is 0 Å². The number of benzene rings is 4. The van der Waals surface area contributed by atoms with Gasteiger partial charge in [-0.2, -0.15) is 0 Å². The average Bonchev–Trinajstić information content (AvgIpc) is 3.52. The maximum atomic E-state index is 13.0. The predicted molar refractivity (Wildman–Crippen MR) is 200 cm³/mol. The standard InChI is InChI=1S/C38H30ClN5O4S2/c1-3-22-44-37(32-23-34(41-33-7-5-4-6-31(32)33)26-13-19-30(20-14-26)50(2,47)48)42-43-38(44)49-24-36(46)40-29-17-11-27(12-18-29)35(45)21-10-25-8-15-28(39)16-9-25/h3-21,23H,1,22,24H2,2H3,(H,40,46)/b21-10+. The Balaban J connectivity index is 1.18. The first-order valence-corrected chi connectivity index (χ1v) is 18.6. The molecule has 1 N–H and O–H groups in total. The van der Waals surface area contributed by atoms with E-state index in [9.17, 15) is 18.0 Å². The molecule has 0 aliphatic rings. The zero-order chi connectivity index (χ0) is 35.3. The number of hydrogen-bond donors (Lipinski definition) is 1. The molecule has 2 heterocycles. The molecule has 0 aliphatic carbocycles. The van der Waals surface area contributed by atoms with E-state index in [1.165, 1.54) is 24.1 Å². The minimum Gasteiger partial charge on any atom is -0.325 e. The number of hydrogen-bond acceptors (Lipinski definition) is 8. The number of rotatable bonds is 12. The third-order valence-electron chi connectivity index (χ3n) is 7.65. The van der Waals surface area contributed by atoms with E-state index in [1.54, 1.807) is 72.8 Å². The maximum absolute atomic E-state index is 13.0. The lowest BCUT2D eigenvalue weighted by Gasteiger charge is -2.12. The highest BCUT2D eigenvalue weighted by atomic mass is 35.5. The number of fused-ring (bicyclic) bond motifs is 1. The number of carbonyl (C=O) groups is 2. The van der Waals surface area contributed by atoms with Crippen LogP contribution in [-0.4, -0.2) is 51.9 Å². The lowest BCUT2D eigenvalue weighted by molar-refractivity contribution is -0.113. The summed E-state index contributed by atoms with van der Waals surface area (Å²) < 4.78 is 25.9. The summed E-state index contributed by atoms with van der Waals surface area (Å²) in [5, 5.41) is 13.8. The number of nitrogens with one attached hydrogen (secondary N) is 1. The van der Waals surface area contributed by atoms with Crippen LogP contribution in [0.4, 0.5) is 5.69 Å². The lowest BCUT2D eigenvalue weighted by Crippen LogP contribution is -2.14. The maximum Gasteiger partial charge on any atom is 0.234 e. The largest absolute Gasteiger partial charge is 0.325 e. The molecule has 6 aromatic rings. The van der Waals surface area contributed by atoms with Gasteiger partial charge in [-0.1, -0.05) is 78.0 Å². The van der Waals surface area contributed by atoms with Crippen LogP contribution >= 0.6 is 23.4 Å². The highest BCUT2D eigenvalue weighted by molar-refractivity contribution is 7.99. The summed E-state index contributed by atoms with van der Waals surface area (Å²) in [7, 11) is -3.34. The lowest BCUT2D eigenvalue weighted by atomic mass is 10.0. The van der Waals surface area contributed by atoms with Gasteiger partial charge in [-0.05, 0) is 72.3 Å². The summed E-state index contributed by atoms with van der Waals surface area (Å²) in [4.78, 5) is 30.6. The van der Waals surface area contributed by atoms with Gasteiger partial charge in [0.05, 0.1) is 21.9 Å². The Bertz CT molecular complexity index is 2350. The second-order valence-electron chi connectivity index (χ2n) is 11.2. The first-order chi connectivity index (χ1) is 24.1. The number of ketones is 1. The normalized spacial score (nSPS) is 11.6. The van der Waals surface area contributed by atoms with Crippen molar-refractivity contribution in [2.75, 3.05) is 17.3 Å². The van der Waals surface area contributed by atoms with Gasteiger partial charge in [0.25, 0.3) is 0 Å². The highest BCUT2D eigenvalue weighted by Gasteiger charge is 2.19. The van der Waals surface area contributed by atoms with Gasteiger partial charge in [0.2, 0.25) is 5.91 Å². The summed E-state index contributed by atoms with van der Waals surface area (Å²) in [5.74, 6) is 0.227. The molecule has 6 rings (SSSR count). The van der Waals surface area contributed by atoms with E-state index in [0.717, 1.165) is 27.6 Å². The van der Waals surface area contributed by atoms with Gasteiger partial charge in [0.15, 0.2) is 26.6 Å². The van der Waals surface area contributed by atoms with Crippen molar-refractivity contribution in [1.82, 2.24) is 19.7 Å². The van der Waals surface area contributed by atoms with Crippen molar-refractivity contribution in [3.05, 3.63) is 138 Å². The van der Waals surface area contributed by atoms with Gasteiger partial charge in [-0.3, -0.25) is 14.2 Å². The molecular weight excluding hydrogens is 690 g/mol. The van der Waals surface area contributed by atoms with E-state index in [4.69, 9.17) is 16.6 Å². The van der Waals surface area contributed by atoms with Crippen LogP contribution in [0.2, 0.25) is 5.02 Å². The highest BCUT2D eigenvalue weighted by Crippen LogP contribution is 2.33. The number of amides is 1. The fourth-order valence-corrected chi connectivity index (χ4v) is 6.66. The van der Waals surface area contributed by atoms with E-state index in [-0.39, 0.29) is 22.3 Å². The van der Waals surface area contributed by atoms with Crippen LogP contribution in [-0.2, 0) is 21.2 Å². The van der Waals surface area contributed by atoms with Crippen LogP contribution in [0, 0.1) is 0 Å². The Morgan fingerprint density at radius 2 is 1.66 bits per heavy atom. The summed E-state index contributed by atoms with van der Waals surface area (Å²) in [6.07, 6.45) is 6.12. The van der Waals surface area contributed by atoms with E-state index in [0.29, 0.717) is 39.5 Å². The molecule has 50 heavy (non-hydrogen) atoms. The Morgan fingerprint density at radius 3 is 2.36 bits per heavy atom. The number of carbonyl (C=O) groups excluding carboxylic acids is 2. The van der Waals surface area contributed by atoms with Gasteiger partial charge >= 0.3 is 0 Å². The molecule has 2 aromatic heterocycles. The van der Waals surface area contributed by atoms with E-state index in [1.807, 2.05) is 47.0 Å². The fraction of sp³-hybridized carbons (Fsp3) is 0.0789. The van der Waals surface area contributed by atoms with Crippen molar-refractivity contribution in [3.8, 4) is 22.6 Å². The van der Waals surface area contributed by atoms with E-state index < -0.39 is 9.84 Å². The summed E-state index contributed by atoms with van der Waals surface area (Å²) in [5.41, 5.74) is 4.81. The van der Waals surface area contributed by atoms with E-state index >= 15 is 0 Å². The molecule has 0 unspecified atom stereocenters. The van der Waals surface area contributed by atoms with Gasteiger partial charge in [0.1, 0.15) is 0 Å². The molecule has 0 saturated heterocycles. The number of anilines is 1. The molecule has 250 valence electrons. The minimum atomic E-state index is -3.34. The Morgan fingerprint density at radius 1 is 0.940 bits per heavy atom. The molecule has 0 saturated carbocycles. The third kappa shape index (κ3) is 8.08. The van der Waals surface area contributed by atoms with Crippen molar-refractivity contribution in [2.45, 2.75) is 16.6 Å². The molecule has 4 aromatic carbocycles. The predicted octanol–water partition coefficient (Wildman–Crippen LogP) is 8.03. The molecule has 0 fully saturated rings. The molecule has 1 amide bonds. The van der Waals surface area contributed by atoms with Crippen LogP contribution in [0.15, 0.2) is 132 Å². The summed E-state index contributed by atoms with van der Waals surface area (Å²) in [6, 6.07) is 30.1. The van der Waals surface area contributed by atoms with Crippen molar-refractivity contribution in [2.24, 2.45) is 0 Å². The van der Waals surface area contributed by atoms with Gasteiger partial charge < -0.3 is 5.32 Å². The monoisotopic (exact) mass is 719 g/mol. The minimum absolute atomic E-state index is 0.0643. The van der Waals surface area contributed by atoms with Crippen LogP contribution < -0.4 is 5.32 Å². The Hall–Kier alpha value is -5.36. The van der Waals surface area contributed by atoms with Crippen LogP contribution in [0.3, 0.4) is 0 Å². The number of nitrogens with zero attached hydrogens (tertiary/aromatic N) is 4. The molecular formula is C38H30ClN5O4S2. The fourth-order valence-electron chi connectivity index (χ4n) is 5.16. The Kier molecular flexibility index (Phi) is 10.4. The van der Waals surface area contributed by atoms with Gasteiger partial charge in [-0.15, -0.1) is 16.8 Å². The van der Waals surface area contributed by atoms with Crippen molar-refractivity contribution < 1.29 is 18.0 Å². The molecule has 0 atom stereocenters. The number of halogens is 1. The van der Waals surface area contributed by atoms with Crippen LogP contribution in [0.1, 0.15) is 15.9 Å². The third-order valence-corrected chi connectivity index (χ3v) is 9.99. The smallest absolute Gasteiger partial charge is 0.234 e. The number of pyridine rings is 1. The zero-order valence-corrected chi connectivity index (χ0v) is 29.2. The van der Waals surface area contributed by atoms with Crippen molar-refractivity contribution >= 4 is 67.6 Å². The second kappa shape index (κ2) is 15.0. The van der Waals surface area contributed by atoms with Crippen molar-refractivity contribution in [3.63, 3.8) is 0 Å². The van der Waals surface area contributed by atoms with Crippen LogP contribution in [0.25, 0.3) is 39.6 Å². The summed E-state index contributed by atoms with van der Waals surface area (Å²) >= 11 is 7.16. The first-order valence-electron chi connectivity index (χ1n) is 15.3. The first kappa shape index (κ1) is 34.5. The average molecular weight is 720 g/mol. The molecule has 0 radical (unpaired) electrons. The number of aromatic nitrogens is 4. The quantitative estimate of drug-likeness (QED) is 0.0584. The Labute approximate surface area is 298 Å². The molecule has 0 bridgehead atoms. The van der Waals surface area contributed by atoms with E-state index in [2.05, 4.69) is 22.1 Å². The topological polar surface area (TPSA) is 124 Å². The second-order valence-corrected chi connectivity index (χ2v) is 14.6. The molecule has 9 nitrogen and oxygen atoms in total. The van der Waals surface area contributed by atoms with Gasteiger partial charge in [0, 0.05) is 45.6 Å². The molecule has 0 aliphatic heterocycles. The van der Waals surface area contributed by atoms with Crippen LogP contribution in [0.5, 0.6) is 0 Å². The number of allylic oxidation sites excluding steroid dienone is 2. The SMILES string of the molecule is C=CCn1c(SCC(=O)Nc2ccc(C(=O)/C=C/c3ccc(Cl)cc3)cc2)nnc1-c1cc(-c2ccc(S(C)(=O)=O)cc2)nc2ccccc12. The number of thioether (sulfide) groups is 1. The van der Waals surface area contributed by atoms with Gasteiger partial charge in [-0.25, -0.2) is 13.4 Å². The summed E-state index contributed by atoms with van der Waals surface area (Å²) in [6.45, 7) is 4.30. The number of sulfone groups is 1. The zero-order valence-electron chi connectivity index (χ0n) is 26.8. The number of para-hydroxylation sites is 1. The molecule has 0 spiro atoms. The molecule has 12 heteroatoms.